The molecule has 0 aromatic carbocycles. The number of nitrogens with zero attached hydrogens (tertiary/aromatic N) is 1. The first-order chi connectivity index (χ1) is 10.1. The fourth-order valence-corrected chi connectivity index (χ4v) is 5.40. The molecule has 21 heavy (non-hydrogen) atoms. The van der Waals surface area contributed by atoms with Gasteiger partial charge in [-0.2, -0.15) is 0 Å². The molecular weight excluding hydrogens is 284 g/mol. The number of hydrogen-bond donors (Lipinski definition) is 1. The Morgan fingerprint density at radius 3 is 2.29 bits per heavy atom. The van der Waals surface area contributed by atoms with Crippen LogP contribution >= 0.6 is 0 Å². The summed E-state index contributed by atoms with van der Waals surface area (Å²) in [6, 6.07) is 0. The van der Waals surface area contributed by atoms with Gasteiger partial charge in [0.1, 0.15) is 0 Å². The van der Waals surface area contributed by atoms with Crippen molar-refractivity contribution >= 4 is 10.0 Å². The molecule has 2 fully saturated rings. The maximum absolute atomic E-state index is 12.4. The molecule has 2 rings (SSSR count). The van der Waals surface area contributed by atoms with E-state index in [1.807, 2.05) is 0 Å². The van der Waals surface area contributed by atoms with Crippen LogP contribution in [-0.4, -0.2) is 44.7 Å². The van der Waals surface area contributed by atoms with Gasteiger partial charge < -0.3 is 5.32 Å². The van der Waals surface area contributed by atoms with Gasteiger partial charge in [-0.25, -0.2) is 12.7 Å². The molecule has 0 radical (unpaired) electrons. The minimum absolute atomic E-state index is 0.327. The normalized spacial score (nSPS) is 22.9. The Kier molecular flexibility index (Phi) is 6.51. The minimum Gasteiger partial charge on any atom is -0.317 e. The molecule has 0 aromatic rings. The Morgan fingerprint density at radius 1 is 1.00 bits per heavy atom. The lowest BCUT2D eigenvalue weighted by atomic mass is 9.78. The van der Waals surface area contributed by atoms with Crippen LogP contribution in [0.4, 0.5) is 0 Å². The minimum atomic E-state index is -3.02. The maximum atomic E-state index is 12.4. The lowest BCUT2D eigenvalue weighted by Crippen LogP contribution is -2.43. The van der Waals surface area contributed by atoms with Crippen LogP contribution in [0.5, 0.6) is 0 Å². The third-order valence-electron chi connectivity index (χ3n) is 5.27. The van der Waals surface area contributed by atoms with Crippen LogP contribution in [0.15, 0.2) is 0 Å². The zero-order chi connectivity index (χ0) is 15.2. The third kappa shape index (κ3) is 4.93. The second-order valence-corrected chi connectivity index (χ2v) is 8.97. The van der Waals surface area contributed by atoms with Gasteiger partial charge in [0.2, 0.25) is 10.0 Å². The average Bonchev–Trinajstić information content (AvgIpc) is 2.91. The van der Waals surface area contributed by atoms with Crippen molar-refractivity contribution in [3.63, 3.8) is 0 Å². The largest absolute Gasteiger partial charge is 0.317 e. The molecule has 0 unspecified atom stereocenters. The van der Waals surface area contributed by atoms with Gasteiger partial charge in [0.05, 0.1) is 5.75 Å². The number of piperidine rings is 1. The summed E-state index contributed by atoms with van der Waals surface area (Å²) in [5.41, 5.74) is 0.496. The van der Waals surface area contributed by atoms with Gasteiger partial charge in [0, 0.05) is 13.1 Å². The first-order valence-corrected chi connectivity index (χ1v) is 10.4. The predicted octanol–water partition coefficient (Wildman–Crippen LogP) is 2.75. The fourth-order valence-electron chi connectivity index (χ4n) is 3.83. The summed E-state index contributed by atoms with van der Waals surface area (Å²) >= 11 is 0. The number of hydrogen-bond acceptors (Lipinski definition) is 3. The molecule has 0 amide bonds. The molecule has 1 saturated carbocycles. The van der Waals surface area contributed by atoms with Gasteiger partial charge in [-0.05, 0) is 63.5 Å². The molecule has 124 valence electrons. The number of rotatable bonds is 8. The van der Waals surface area contributed by atoms with Crippen molar-refractivity contribution in [1.82, 2.24) is 9.62 Å². The Bertz CT molecular complexity index is 393. The van der Waals surface area contributed by atoms with Crippen LogP contribution in [0, 0.1) is 5.41 Å². The molecule has 1 spiro atoms. The summed E-state index contributed by atoms with van der Waals surface area (Å²) in [5, 5.41) is 3.33. The van der Waals surface area contributed by atoms with E-state index in [0.717, 1.165) is 58.3 Å². The zero-order valence-corrected chi connectivity index (χ0v) is 14.4. The Labute approximate surface area is 130 Å². The van der Waals surface area contributed by atoms with Gasteiger partial charge in [-0.3, -0.25) is 0 Å². The molecule has 0 aromatic heterocycles. The van der Waals surface area contributed by atoms with Gasteiger partial charge in [-0.1, -0.05) is 19.8 Å². The Hall–Kier alpha value is -0.130. The molecule has 1 saturated heterocycles. The smallest absolute Gasteiger partial charge is 0.214 e. The van der Waals surface area contributed by atoms with Crippen LogP contribution in [0.3, 0.4) is 0 Å². The summed E-state index contributed by atoms with van der Waals surface area (Å²) in [6.45, 7) is 5.63. The average molecular weight is 317 g/mol. The molecule has 1 heterocycles. The van der Waals surface area contributed by atoms with Gasteiger partial charge in [-0.15, -0.1) is 0 Å². The second-order valence-electron chi connectivity index (χ2n) is 6.88. The van der Waals surface area contributed by atoms with Crippen LogP contribution in [0.2, 0.25) is 0 Å². The molecule has 1 aliphatic carbocycles. The van der Waals surface area contributed by atoms with E-state index in [0.29, 0.717) is 11.2 Å². The van der Waals surface area contributed by atoms with Gasteiger partial charge in [0.25, 0.3) is 0 Å². The summed E-state index contributed by atoms with van der Waals surface area (Å²) in [5.74, 6) is 0.327. The van der Waals surface area contributed by atoms with Crippen LogP contribution in [-0.2, 0) is 10.0 Å². The molecule has 1 aliphatic heterocycles. The maximum Gasteiger partial charge on any atom is 0.214 e. The van der Waals surface area contributed by atoms with Gasteiger partial charge >= 0.3 is 0 Å². The Balaban J connectivity index is 1.68. The molecule has 2 aliphatic rings. The fraction of sp³-hybridized carbons (Fsp3) is 1.00. The summed E-state index contributed by atoms with van der Waals surface area (Å²) < 4.78 is 26.5. The lowest BCUT2D eigenvalue weighted by molar-refractivity contribution is 0.160. The van der Waals surface area contributed by atoms with E-state index < -0.39 is 10.0 Å². The van der Waals surface area contributed by atoms with Crippen LogP contribution in [0.25, 0.3) is 0 Å². The molecule has 4 nitrogen and oxygen atoms in total. The summed E-state index contributed by atoms with van der Waals surface area (Å²) in [6.07, 6.45) is 10.4. The van der Waals surface area contributed by atoms with Crippen molar-refractivity contribution in [1.29, 1.82) is 0 Å². The van der Waals surface area contributed by atoms with E-state index in [1.165, 1.54) is 25.7 Å². The van der Waals surface area contributed by atoms with Crippen molar-refractivity contribution in [3.8, 4) is 0 Å². The van der Waals surface area contributed by atoms with E-state index >= 15 is 0 Å². The van der Waals surface area contributed by atoms with Crippen LogP contribution < -0.4 is 5.32 Å². The monoisotopic (exact) mass is 316 g/mol. The van der Waals surface area contributed by atoms with E-state index in [1.54, 1.807) is 4.31 Å². The second kappa shape index (κ2) is 7.93. The Morgan fingerprint density at radius 2 is 1.67 bits per heavy atom. The highest BCUT2D eigenvalue weighted by molar-refractivity contribution is 7.89. The van der Waals surface area contributed by atoms with Crippen molar-refractivity contribution in [2.24, 2.45) is 5.41 Å². The topological polar surface area (TPSA) is 49.4 Å². The van der Waals surface area contributed by atoms with E-state index in [4.69, 9.17) is 0 Å². The highest BCUT2D eigenvalue weighted by Crippen LogP contribution is 2.46. The van der Waals surface area contributed by atoms with E-state index in [-0.39, 0.29) is 0 Å². The number of unbranched alkanes of at least 4 members (excludes halogenated alkanes) is 1. The molecule has 5 heteroatoms. The van der Waals surface area contributed by atoms with Crippen molar-refractivity contribution in [3.05, 3.63) is 0 Å². The molecular formula is C16H32N2O2S. The molecule has 0 bridgehead atoms. The third-order valence-corrected chi connectivity index (χ3v) is 7.23. The molecule has 1 N–H and O–H groups in total. The van der Waals surface area contributed by atoms with Crippen molar-refractivity contribution in [2.75, 3.05) is 31.9 Å². The number of sulfonamides is 1. The summed E-state index contributed by atoms with van der Waals surface area (Å²) in [7, 11) is -3.02. The van der Waals surface area contributed by atoms with Crippen LogP contribution in [0.1, 0.15) is 64.7 Å². The number of nitrogens with one attached hydrogen (secondary N) is 1. The van der Waals surface area contributed by atoms with Crippen molar-refractivity contribution in [2.45, 2.75) is 64.7 Å². The first kappa shape index (κ1) is 17.2. The van der Waals surface area contributed by atoms with Gasteiger partial charge in [0.15, 0.2) is 0 Å². The highest BCUT2D eigenvalue weighted by Gasteiger charge is 2.39. The zero-order valence-electron chi connectivity index (χ0n) is 13.6. The molecule has 0 atom stereocenters. The lowest BCUT2D eigenvalue weighted by Gasteiger charge is -2.38. The quantitative estimate of drug-likeness (QED) is 0.701. The van der Waals surface area contributed by atoms with Crippen molar-refractivity contribution < 1.29 is 8.42 Å². The summed E-state index contributed by atoms with van der Waals surface area (Å²) in [4.78, 5) is 0. The van der Waals surface area contributed by atoms with E-state index in [2.05, 4.69) is 12.2 Å². The SMILES string of the molecule is CCCNCCCCS(=O)(=O)N1CCC2(CCCC2)CC1. The highest BCUT2D eigenvalue weighted by atomic mass is 32.2. The first-order valence-electron chi connectivity index (χ1n) is 8.77. The standard InChI is InChI=1S/C16H32N2O2S/c1-2-11-17-12-5-6-15-21(19,20)18-13-9-16(10-14-18)7-3-4-8-16/h17H,2-15H2,1H3. The predicted molar refractivity (Wildman–Crippen MR) is 87.9 cm³/mol. The van der Waals surface area contributed by atoms with E-state index in [9.17, 15) is 8.42 Å².